The third kappa shape index (κ3) is 4.18. The molecule has 1 aliphatic carbocycles. The molecule has 30 heavy (non-hydrogen) atoms. The van der Waals surface area contributed by atoms with Gasteiger partial charge >= 0.3 is 0 Å². The van der Waals surface area contributed by atoms with Gasteiger partial charge in [-0.25, -0.2) is 0 Å². The molecule has 2 aromatic rings. The van der Waals surface area contributed by atoms with Crippen LogP contribution < -0.4 is 20.5 Å². The van der Waals surface area contributed by atoms with Crippen molar-refractivity contribution < 1.29 is 19.1 Å². The first-order chi connectivity index (χ1) is 14.4. The highest BCUT2D eigenvalue weighted by atomic mass is 32.1. The van der Waals surface area contributed by atoms with Crippen molar-refractivity contribution in [1.82, 2.24) is 10.9 Å². The fourth-order valence-electron chi connectivity index (χ4n) is 4.01. The van der Waals surface area contributed by atoms with Crippen LogP contribution in [0.4, 0.5) is 5.69 Å². The van der Waals surface area contributed by atoms with Crippen LogP contribution in [-0.4, -0.2) is 31.4 Å². The lowest BCUT2D eigenvalue weighted by Gasteiger charge is -2.17. The van der Waals surface area contributed by atoms with Crippen molar-refractivity contribution in [3.8, 4) is 5.75 Å². The van der Waals surface area contributed by atoms with Gasteiger partial charge in [-0.15, -0.1) is 11.3 Å². The maximum atomic E-state index is 12.5. The number of nitrogens with zero attached hydrogens (tertiary/aromatic N) is 1. The van der Waals surface area contributed by atoms with E-state index in [0.717, 1.165) is 19.3 Å². The van der Waals surface area contributed by atoms with Crippen molar-refractivity contribution >= 4 is 34.7 Å². The zero-order chi connectivity index (χ0) is 21.3. The minimum absolute atomic E-state index is 0.101. The van der Waals surface area contributed by atoms with Crippen molar-refractivity contribution in [2.45, 2.75) is 32.6 Å². The quantitative estimate of drug-likeness (QED) is 0.735. The van der Waals surface area contributed by atoms with Crippen LogP contribution in [0.1, 0.15) is 39.9 Å². The monoisotopic (exact) mass is 427 g/mol. The first kappa shape index (κ1) is 20.4. The lowest BCUT2D eigenvalue weighted by atomic mass is 9.90. The lowest BCUT2D eigenvalue weighted by molar-refractivity contribution is -0.126. The number of anilines is 1. The van der Waals surface area contributed by atoms with E-state index in [1.165, 1.54) is 21.8 Å². The van der Waals surface area contributed by atoms with Gasteiger partial charge in [-0.1, -0.05) is 13.0 Å². The highest BCUT2D eigenvalue weighted by molar-refractivity contribution is 7.14. The molecule has 0 spiro atoms. The van der Waals surface area contributed by atoms with Gasteiger partial charge in [0.15, 0.2) is 0 Å². The first-order valence-corrected chi connectivity index (χ1v) is 10.9. The number of hydrogen-bond donors (Lipinski definition) is 2. The molecule has 8 heteroatoms. The molecule has 4 rings (SSSR count). The van der Waals surface area contributed by atoms with Gasteiger partial charge in [0.1, 0.15) is 5.75 Å². The van der Waals surface area contributed by atoms with Crippen LogP contribution in [0.5, 0.6) is 5.75 Å². The summed E-state index contributed by atoms with van der Waals surface area (Å²) in [5.74, 6) is -0.0544. The Morgan fingerprint density at radius 3 is 2.83 bits per heavy atom. The van der Waals surface area contributed by atoms with Gasteiger partial charge < -0.3 is 9.64 Å². The Morgan fingerprint density at radius 2 is 2.03 bits per heavy atom. The number of thiophene rings is 1. The molecule has 0 unspecified atom stereocenters. The standard InChI is InChI=1S/C22H25N3O4S/c1-13-6-7-18-14(8-13)9-19(30-18)22(28)24-23-21(27)15-10-20(26)25(12-15)16-4-3-5-17(11-16)29-2/h3-5,9,11,13,15H,6-8,10,12H2,1-2H3,(H,23,27)(H,24,28)/t13-,15-/m1/s1. The predicted octanol–water partition coefficient (Wildman–Crippen LogP) is 2.70. The molecule has 7 nitrogen and oxygen atoms in total. The summed E-state index contributed by atoms with van der Waals surface area (Å²) in [6.07, 6.45) is 3.25. The van der Waals surface area contributed by atoms with Crippen LogP contribution in [-0.2, 0) is 22.4 Å². The molecular formula is C22H25N3O4S. The summed E-state index contributed by atoms with van der Waals surface area (Å²) in [6, 6.07) is 9.10. The molecule has 2 atom stereocenters. The molecule has 1 aliphatic heterocycles. The Balaban J connectivity index is 1.34. The molecule has 1 aromatic carbocycles. The van der Waals surface area contributed by atoms with Crippen molar-refractivity contribution in [2.75, 3.05) is 18.6 Å². The average molecular weight is 428 g/mol. The first-order valence-electron chi connectivity index (χ1n) is 10.1. The van der Waals surface area contributed by atoms with Gasteiger partial charge in [-0.05, 0) is 48.9 Å². The largest absolute Gasteiger partial charge is 0.497 e. The molecule has 0 saturated carbocycles. The zero-order valence-corrected chi connectivity index (χ0v) is 17.9. The highest BCUT2D eigenvalue weighted by Crippen LogP contribution is 2.32. The van der Waals surface area contributed by atoms with E-state index in [1.54, 1.807) is 30.2 Å². The van der Waals surface area contributed by atoms with Crippen LogP contribution >= 0.6 is 11.3 Å². The van der Waals surface area contributed by atoms with E-state index in [2.05, 4.69) is 17.8 Å². The minimum Gasteiger partial charge on any atom is -0.497 e. The summed E-state index contributed by atoms with van der Waals surface area (Å²) in [4.78, 5) is 40.9. The van der Waals surface area contributed by atoms with Gasteiger partial charge in [0.05, 0.1) is 17.9 Å². The molecule has 0 radical (unpaired) electrons. The van der Waals surface area contributed by atoms with E-state index in [0.29, 0.717) is 22.2 Å². The van der Waals surface area contributed by atoms with Gasteiger partial charge in [-0.2, -0.15) is 0 Å². The van der Waals surface area contributed by atoms with Crippen molar-refractivity contribution in [3.63, 3.8) is 0 Å². The summed E-state index contributed by atoms with van der Waals surface area (Å²) in [5, 5.41) is 0. The molecule has 1 aromatic heterocycles. The Labute approximate surface area is 179 Å². The Hall–Kier alpha value is -2.87. The number of rotatable bonds is 4. The number of hydrazine groups is 1. The van der Waals surface area contributed by atoms with Crippen LogP contribution in [0.3, 0.4) is 0 Å². The fraction of sp³-hybridized carbons (Fsp3) is 0.409. The van der Waals surface area contributed by atoms with E-state index in [1.807, 2.05) is 12.1 Å². The van der Waals surface area contributed by atoms with E-state index >= 15 is 0 Å². The Kier molecular flexibility index (Phi) is 5.76. The molecule has 3 amide bonds. The lowest BCUT2D eigenvalue weighted by Crippen LogP contribution is -2.45. The third-order valence-electron chi connectivity index (χ3n) is 5.71. The van der Waals surface area contributed by atoms with Crippen LogP contribution in [0.2, 0.25) is 0 Å². The van der Waals surface area contributed by atoms with Crippen molar-refractivity contribution in [3.05, 3.63) is 45.6 Å². The van der Waals surface area contributed by atoms with E-state index in [-0.39, 0.29) is 30.7 Å². The summed E-state index contributed by atoms with van der Waals surface area (Å²) in [7, 11) is 1.56. The summed E-state index contributed by atoms with van der Waals surface area (Å²) < 4.78 is 5.20. The van der Waals surface area contributed by atoms with Crippen LogP contribution in [0.25, 0.3) is 0 Å². The van der Waals surface area contributed by atoms with E-state index < -0.39 is 5.92 Å². The molecule has 2 aliphatic rings. The normalized spacial score (nSPS) is 20.6. The summed E-state index contributed by atoms with van der Waals surface area (Å²) in [6.45, 7) is 2.48. The van der Waals surface area contributed by atoms with Crippen molar-refractivity contribution in [1.29, 1.82) is 0 Å². The molecular weight excluding hydrogens is 402 g/mol. The Morgan fingerprint density at radius 1 is 1.20 bits per heavy atom. The van der Waals surface area contributed by atoms with Crippen LogP contribution in [0.15, 0.2) is 30.3 Å². The second kappa shape index (κ2) is 8.47. The minimum atomic E-state index is -0.526. The number of carbonyl (C=O) groups is 3. The molecule has 158 valence electrons. The second-order valence-electron chi connectivity index (χ2n) is 7.96. The summed E-state index contributed by atoms with van der Waals surface area (Å²) in [5.41, 5.74) is 6.93. The van der Waals surface area contributed by atoms with Crippen LogP contribution in [0, 0.1) is 11.8 Å². The molecule has 2 heterocycles. The number of nitrogens with one attached hydrogen (secondary N) is 2. The van der Waals surface area contributed by atoms with Crippen molar-refractivity contribution in [2.24, 2.45) is 11.8 Å². The maximum absolute atomic E-state index is 12.5. The summed E-state index contributed by atoms with van der Waals surface area (Å²) >= 11 is 1.49. The SMILES string of the molecule is COc1cccc(N2C[C@H](C(=O)NNC(=O)c3cc4c(s3)CC[C@@H](C)C4)CC2=O)c1. The average Bonchev–Trinajstić information content (AvgIpc) is 3.35. The predicted molar refractivity (Wildman–Crippen MR) is 115 cm³/mol. The van der Waals surface area contributed by atoms with Gasteiger partial charge in [-0.3, -0.25) is 25.2 Å². The third-order valence-corrected chi connectivity index (χ3v) is 6.95. The number of aryl methyl sites for hydroxylation is 1. The number of methoxy groups -OCH3 is 1. The smallest absolute Gasteiger partial charge is 0.279 e. The number of fused-ring (bicyclic) bond motifs is 1. The van der Waals surface area contributed by atoms with E-state index in [9.17, 15) is 14.4 Å². The highest BCUT2D eigenvalue weighted by Gasteiger charge is 2.35. The molecule has 1 fully saturated rings. The number of hydrogen-bond acceptors (Lipinski definition) is 5. The van der Waals surface area contributed by atoms with Gasteiger partial charge in [0.25, 0.3) is 5.91 Å². The number of carbonyl (C=O) groups excluding carboxylic acids is 3. The molecule has 2 N–H and O–H groups in total. The number of ether oxygens (including phenoxy) is 1. The maximum Gasteiger partial charge on any atom is 0.279 e. The second-order valence-corrected chi connectivity index (χ2v) is 9.09. The fourth-order valence-corrected chi connectivity index (χ4v) is 5.11. The number of benzene rings is 1. The van der Waals surface area contributed by atoms with E-state index in [4.69, 9.17) is 4.74 Å². The molecule has 0 bridgehead atoms. The Bertz CT molecular complexity index is 987. The topological polar surface area (TPSA) is 87.7 Å². The molecule has 1 saturated heterocycles. The van der Waals surface area contributed by atoms with Gasteiger partial charge in [0.2, 0.25) is 11.8 Å². The number of amides is 3. The zero-order valence-electron chi connectivity index (χ0n) is 17.1. The van der Waals surface area contributed by atoms with Gasteiger partial charge in [0, 0.05) is 29.6 Å².